The third-order valence-corrected chi connectivity index (χ3v) is 3.40. The van der Waals surface area contributed by atoms with Gasteiger partial charge in [0.05, 0.1) is 0 Å². The van der Waals surface area contributed by atoms with Gasteiger partial charge in [-0.05, 0) is 49.3 Å². The molecule has 3 heteroatoms. The number of hydrogen-bond donors (Lipinski definition) is 0. The van der Waals surface area contributed by atoms with Gasteiger partial charge in [-0.15, -0.1) is 11.6 Å². The van der Waals surface area contributed by atoms with Crippen molar-refractivity contribution in [3.8, 4) is 0 Å². The van der Waals surface area contributed by atoms with E-state index in [1.54, 1.807) is 6.07 Å². The third-order valence-electron chi connectivity index (χ3n) is 2.83. The molecule has 1 aliphatic rings. The van der Waals surface area contributed by atoms with Crippen LogP contribution in [0, 0.1) is 17.6 Å². The predicted octanol–water partition coefficient (Wildman–Crippen LogP) is 3.91. The largest absolute Gasteiger partial charge is 0.204 e. The van der Waals surface area contributed by atoms with Crippen LogP contribution in [0.15, 0.2) is 18.2 Å². The Morgan fingerprint density at radius 1 is 1.27 bits per heavy atom. The minimum atomic E-state index is -0.789. The molecule has 0 aliphatic heterocycles. The van der Waals surface area contributed by atoms with Crippen molar-refractivity contribution >= 4 is 11.6 Å². The molecule has 0 nitrogen and oxygen atoms in total. The third kappa shape index (κ3) is 2.91. The van der Waals surface area contributed by atoms with Crippen molar-refractivity contribution in [2.45, 2.75) is 31.1 Å². The lowest BCUT2D eigenvalue weighted by atomic mass is 10.1. The summed E-state index contributed by atoms with van der Waals surface area (Å²) in [7, 11) is 0. The number of halogens is 3. The van der Waals surface area contributed by atoms with Crippen LogP contribution in [0.5, 0.6) is 0 Å². The fourth-order valence-electron chi connectivity index (χ4n) is 1.69. The van der Waals surface area contributed by atoms with Gasteiger partial charge < -0.3 is 0 Å². The second-order valence-electron chi connectivity index (χ2n) is 4.14. The first-order valence-electron chi connectivity index (χ1n) is 5.25. The van der Waals surface area contributed by atoms with Crippen LogP contribution in [0.4, 0.5) is 8.78 Å². The Balaban J connectivity index is 1.89. The summed E-state index contributed by atoms with van der Waals surface area (Å²) < 4.78 is 25.5. The Kier molecular flexibility index (Phi) is 3.25. The van der Waals surface area contributed by atoms with E-state index >= 15 is 0 Å². The molecule has 1 fully saturated rings. The molecule has 15 heavy (non-hydrogen) atoms. The quantitative estimate of drug-likeness (QED) is 0.688. The highest BCUT2D eigenvalue weighted by molar-refractivity contribution is 6.20. The smallest absolute Gasteiger partial charge is 0.159 e. The minimum Gasteiger partial charge on any atom is -0.204 e. The maximum absolute atomic E-state index is 12.9. The maximum Gasteiger partial charge on any atom is 0.159 e. The highest BCUT2D eigenvalue weighted by atomic mass is 35.5. The molecule has 1 saturated carbocycles. The van der Waals surface area contributed by atoms with Crippen LogP contribution in [-0.2, 0) is 6.42 Å². The highest BCUT2D eigenvalue weighted by Gasteiger charge is 2.29. The molecular formula is C12H13ClF2. The molecule has 0 amide bonds. The average Bonchev–Trinajstić information content (AvgIpc) is 3.03. The summed E-state index contributed by atoms with van der Waals surface area (Å²) in [6, 6.07) is 4.05. The average molecular weight is 231 g/mol. The fraction of sp³-hybridized carbons (Fsp3) is 0.500. The van der Waals surface area contributed by atoms with E-state index in [-0.39, 0.29) is 5.38 Å². The molecule has 1 atom stereocenters. The number of benzene rings is 1. The van der Waals surface area contributed by atoms with Crippen LogP contribution in [0.2, 0.25) is 0 Å². The number of hydrogen-bond acceptors (Lipinski definition) is 0. The van der Waals surface area contributed by atoms with Crippen LogP contribution in [0.1, 0.15) is 24.8 Å². The molecule has 0 N–H and O–H groups in total. The van der Waals surface area contributed by atoms with Gasteiger partial charge in [0, 0.05) is 5.38 Å². The van der Waals surface area contributed by atoms with E-state index in [2.05, 4.69) is 0 Å². The van der Waals surface area contributed by atoms with Gasteiger partial charge in [0.15, 0.2) is 11.6 Å². The van der Waals surface area contributed by atoms with Gasteiger partial charge in [-0.3, -0.25) is 0 Å². The molecule has 82 valence electrons. The van der Waals surface area contributed by atoms with Crippen molar-refractivity contribution in [2.75, 3.05) is 0 Å². The molecule has 2 rings (SSSR count). The minimum absolute atomic E-state index is 0.193. The topological polar surface area (TPSA) is 0 Å². The molecule has 1 aromatic carbocycles. The fourth-order valence-corrected chi connectivity index (χ4v) is 2.05. The Labute approximate surface area is 93.2 Å². The van der Waals surface area contributed by atoms with Gasteiger partial charge in [0.25, 0.3) is 0 Å². The lowest BCUT2D eigenvalue weighted by molar-refractivity contribution is 0.506. The van der Waals surface area contributed by atoms with E-state index in [4.69, 9.17) is 11.6 Å². The maximum atomic E-state index is 12.9. The summed E-state index contributed by atoms with van der Waals surface area (Å²) in [6.45, 7) is 0. The summed E-state index contributed by atoms with van der Waals surface area (Å²) >= 11 is 6.13. The summed E-state index contributed by atoms with van der Waals surface area (Å²) in [5, 5.41) is 0.193. The Morgan fingerprint density at radius 2 is 2.00 bits per heavy atom. The molecule has 0 radical (unpaired) electrons. The Morgan fingerprint density at radius 3 is 2.60 bits per heavy atom. The first-order chi connectivity index (χ1) is 7.16. The van der Waals surface area contributed by atoms with E-state index in [0.29, 0.717) is 5.92 Å². The molecule has 1 aliphatic carbocycles. The molecule has 1 unspecified atom stereocenters. The Bertz CT molecular complexity index is 347. The lowest BCUT2D eigenvalue weighted by Crippen LogP contribution is -2.03. The second kappa shape index (κ2) is 4.48. The van der Waals surface area contributed by atoms with Gasteiger partial charge in [0.2, 0.25) is 0 Å². The van der Waals surface area contributed by atoms with Crippen molar-refractivity contribution < 1.29 is 8.78 Å². The summed E-state index contributed by atoms with van der Waals surface area (Å²) in [5.74, 6) is -0.912. The summed E-state index contributed by atoms with van der Waals surface area (Å²) in [6.07, 6.45) is 4.00. The van der Waals surface area contributed by atoms with Crippen LogP contribution >= 0.6 is 11.6 Å². The molecule has 1 aromatic rings. The monoisotopic (exact) mass is 230 g/mol. The Hall–Kier alpha value is -0.630. The van der Waals surface area contributed by atoms with Gasteiger partial charge in [-0.2, -0.15) is 0 Å². The van der Waals surface area contributed by atoms with Gasteiger partial charge in [-0.25, -0.2) is 8.78 Å². The summed E-state index contributed by atoms with van der Waals surface area (Å²) in [4.78, 5) is 0. The van der Waals surface area contributed by atoms with Crippen LogP contribution in [-0.4, -0.2) is 5.38 Å². The standard InChI is InChI=1S/C12H13ClF2/c13-10(9-3-4-9)5-1-8-2-6-11(14)12(15)7-8/h2,6-7,9-10H,1,3-5H2. The van der Waals surface area contributed by atoms with Crippen molar-refractivity contribution in [1.82, 2.24) is 0 Å². The highest BCUT2D eigenvalue weighted by Crippen LogP contribution is 2.37. The van der Waals surface area contributed by atoms with E-state index < -0.39 is 11.6 Å². The number of rotatable bonds is 4. The first kappa shape index (κ1) is 10.9. The molecule has 0 spiro atoms. The van der Waals surface area contributed by atoms with Crippen LogP contribution in [0.3, 0.4) is 0 Å². The molecule has 0 saturated heterocycles. The zero-order valence-corrected chi connectivity index (χ0v) is 9.11. The van der Waals surface area contributed by atoms with Gasteiger partial charge in [0.1, 0.15) is 0 Å². The lowest BCUT2D eigenvalue weighted by Gasteiger charge is -2.07. The van der Waals surface area contributed by atoms with Gasteiger partial charge >= 0.3 is 0 Å². The summed E-state index contributed by atoms with van der Waals surface area (Å²) in [5.41, 5.74) is 0.820. The first-order valence-corrected chi connectivity index (χ1v) is 5.68. The predicted molar refractivity (Wildman–Crippen MR) is 57.0 cm³/mol. The van der Waals surface area contributed by atoms with Crippen LogP contribution < -0.4 is 0 Å². The van der Waals surface area contributed by atoms with Crippen LogP contribution in [0.25, 0.3) is 0 Å². The molecule has 0 bridgehead atoms. The van der Waals surface area contributed by atoms with Gasteiger partial charge in [-0.1, -0.05) is 6.07 Å². The van der Waals surface area contributed by atoms with Crippen molar-refractivity contribution in [3.05, 3.63) is 35.4 Å². The second-order valence-corrected chi connectivity index (χ2v) is 4.70. The normalized spacial score (nSPS) is 17.8. The van der Waals surface area contributed by atoms with E-state index in [1.165, 1.54) is 25.0 Å². The van der Waals surface area contributed by atoms with Crippen molar-refractivity contribution in [3.63, 3.8) is 0 Å². The molecular weight excluding hydrogens is 218 g/mol. The van der Waals surface area contributed by atoms with E-state index in [0.717, 1.165) is 18.4 Å². The van der Waals surface area contributed by atoms with Crippen molar-refractivity contribution in [1.29, 1.82) is 0 Å². The number of alkyl halides is 1. The number of aryl methyl sites for hydroxylation is 1. The van der Waals surface area contributed by atoms with E-state index in [1.807, 2.05) is 0 Å². The molecule has 0 aromatic heterocycles. The van der Waals surface area contributed by atoms with E-state index in [9.17, 15) is 8.78 Å². The zero-order valence-electron chi connectivity index (χ0n) is 8.35. The SMILES string of the molecule is Fc1ccc(CCC(Cl)C2CC2)cc1F. The zero-order chi connectivity index (χ0) is 10.8. The molecule has 0 heterocycles. The van der Waals surface area contributed by atoms with Crippen molar-refractivity contribution in [2.24, 2.45) is 5.92 Å².